The quantitative estimate of drug-likeness (QED) is 0.682. The van der Waals surface area contributed by atoms with Crippen molar-refractivity contribution in [1.82, 2.24) is 0 Å². The van der Waals surface area contributed by atoms with E-state index in [1.807, 2.05) is 6.92 Å². The van der Waals surface area contributed by atoms with Crippen LogP contribution in [-0.2, 0) is 0 Å². The standard InChI is InChI=1S/C11H11F2N/c1-2-8(14)6-7-9-10(12)4-3-5-11(9)13/h3-5,8H,2,14H2,1H3. The van der Waals surface area contributed by atoms with Crippen molar-refractivity contribution in [3.05, 3.63) is 35.4 Å². The van der Waals surface area contributed by atoms with Crippen LogP contribution in [0.5, 0.6) is 0 Å². The van der Waals surface area contributed by atoms with Crippen molar-refractivity contribution in [2.24, 2.45) is 5.73 Å². The molecule has 0 aliphatic carbocycles. The highest BCUT2D eigenvalue weighted by Gasteiger charge is 2.04. The average molecular weight is 195 g/mol. The van der Waals surface area contributed by atoms with E-state index in [9.17, 15) is 8.78 Å². The molecule has 0 spiro atoms. The second-order valence-electron chi connectivity index (χ2n) is 2.88. The zero-order valence-corrected chi connectivity index (χ0v) is 7.85. The lowest BCUT2D eigenvalue weighted by Gasteiger charge is -1.97. The molecule has 0 amide bonds. The van der Waals surface area contributed by atoms with E-state index in [0.717, 1.165) is 0 Å². The van der Waals surface area contributed by atoms with Crippen LogP contribution in [-0.4, -0.2) is 6.04 Å². The van der Waals surface area contributed by atoms with Gasteiger partial charge in [-0.25, -0.2) is 8.78 Å². The van der Waals surface area contributed by atoms with Crippen LogP contribution in [0.2, 0.25) is 0 Å². The minimum Gasteiger partial charge on any atom is -0.318 e. The smallest absolute Gasteiger partial charge is 0.141 e. The predicted molar refractivity (Wildman–Crippen MR) is 51.5 cm³/mol. The van der Waals surface area contributed by atoms with Gasteiger partial charge in [0.25, 0.3) is 0 Å². The summed E-state index contributed by atoms with van der Waals surface area (Å²) in [7, 11) is 0. The SMILES string of the molecule is CCC(N)C#Cc1c(F)cccc1F. The second kappa shape index (κ2) is 4.73. The van der Waals surface area contributed by atoms with Crippen LogP contribution in [0.1, 0.15) is 18.9 Å². The molecule has 1 atom stereocenters. The number of rotatable bonds is 1. The minimum atomic E-state index is -0.652. The van der Waals surface area contributed by atoms with Gasteiger partial charge in [-0.3, -0.25) is 0 Å². The lowest BCUT2D eigenvalue weighted by atomic mass is 10.1. The van der Waals surface area contributed by atoms with E-state index in [1.165, 1.54) is 18.2 Å². The summed E-state index contributed by atoms with van der Waals surface area (Å²) in [6.07, 6.45) is 0.656. The molecule has 0 radical (unpaired) electrons. The summed E-state index contributed by atoms with van der Waals surface area (Å²) in [5.41, 5.74) is 5.29. The molecule has 1 unspecified atom stereocenters. The maximum atomic E-state index is 13.0. The monoisotopic (exact) mass is 195 g/mol. The Morgan fingerprint density at radius 2 is 1.93 bits per heavy atom. The maximum Gasteiger partial charge on any atom is 0.141 e. The number of benzene rings is 1. The molecule has 2 N–H and O–H groups in total. The average Bonchev–Trinajstić information content (AvgIpc) is 2.16. The van der Waals surface area contributed by atoms with E-state index in [0.29, 0.717) is 6.42 Å². The van der Waals surface area contributed by atoms with Gasteiger partial charge in [-0.05, 0) is 18.6 Å². The first-order valence-electron chi connectivity index (χ1n) is 4.36. The Labute approximate surface area is 81.9 Å². The lowest BCUT2D eigenvalue weighted by molar-refractivity contribution is 0.577. The van der Waals surface area contributed by atoms with Crippen LogP contribution < -0.4 is 5.73 Å². The Kier molecular flexibility index (Phi) is 3.61. The third kappa shape index (κ3) is 2.54. The molecule has 0 aromatic heterocycles. The van der Waals surface area contributed by atoms with E-state index in [1.54, 1.807) is 0 Å². The summed E-state index contributed by atoms with van der Waals surface area (Å²) >= 11 is 0. The van der Waals surface area contributed by atoms with Gasteiger partial charge in [0, 0.05) is 0 Å². The molecule has 0 aliphatic heterocycles. The highest BCUT2D eigenvalue weighted by molar-refractivity contribution is 5.37. The van der Waals surface area contributed by atoms with Crippen molar-refractivity contribution in [2.45, 2.75) is 19.4 Å². The van der Waals surface area contributed by atoms with Crippen LogP contribution in [0.25, 0.3) is 0 Å². The third-order valence-electron chi connectivity index (χ3n) is 1.79. The number of halogens is 2. The fourth-order valence-corrected chi connectivity index (χ4v) is 0.884. The zero-order valence-electron chi connectivity index (χ0n) is 7.85. The molecule has 0 aliphatic rings. The zero-order chi connectivity index (χ0) is 10.6. The molecule has 1 nitrogen and oxygen atoms in total. The Hall–Kier alpha value is -1.40. The first-order valence-corrected chi connectivity index (χ1v) is 4.36. The van der Waals surface area contributed by atoms with E-state index < -0.39 is 11.6 Å². The highest BCUT2D eigenvalue weighted by atomic mass is 19.1. The first kappa shape index (κ1) is 10.7. The second-order valence-corrected chi connectivity index (χ2v) is 2.88. The molecule has 1 aromatic rings. The van der Waals surface area contributed by atoms with Crippen molar-refractivity contribution in [1.29, 1.82) is 0 Å². The molecular weight excluding hydrogens is 184 g/mol. The molecule has 74 valence electrons. The fourth-order valence-electron chi connectivity index (χ4n) is 0.884. The largest absolute Gasteiger partial charge is 0.318 e. The lowest BCUT2D eigenvalue weighted by Crippen LogP contribution is -2.15. The first-order chi connectivity index (χ1) is 6.65. The van der Waals surface area contributed by atoms with Crippen molar-refractivity contribution in [2.75, 3.05) is 0 Å². The van der Waals surface area contributed by atoms with Crippen molar-refractivity contribution >= 4 is 0 Å². The molecule has 3 heteroatoms. The normalized spacial score (nSPS) is 11.7. The predicted octanol–water partition coefficient (Wildman–Crippen LogP) is 2.05. The van der Waals surface area contributed by atoms with Crippen molar-refractivity contribution in [3.63, 3.8) is 0 Å². The summed E-state index contributed by atoms with van der Waals surface area (Å²) in [6.45, 7) is 1.86. The number of hydrogen-bond donors (Lipinski definition) is 1. The van der Waals surface area contributed by atoms with Gasteiger partial charge >= 0.3 is 0 Å². The van der Waals surface area contributed by atoms with Crippen LogP contribution in [0.4, 0.5) is 8.78 Å². The number of nitrogens with two attached hydrogens (primary N) is 1. The molecule has 14 heavy (non-hydrogen) atoms. The Bertz CT molecular complexity index is 356. The van der Waals surface area contributed by atoms with E-state index in [4.69, 9.17) is 5.73 Å². The summed E-state index contributed by atoms with van der Waals surface area (Å²) < 4.78 is 26.0. The summed E-state index contributed by atoms with van der Waals surface area (Å²) in [5, 5.41) is 0. The molecule has 1 rings (SSSR count). The molecule has 0 bridgehead atoms. The van der Waals surface area contributed by atoms with Gasteiger partial charge in [0.15, 0.2) is 0 Å². The van der Waals surface area contributed by atoms with Gasteiger partial charge in [-0.2, -0.15) is 0 Å². The van der Waals surface area contributed by atoms with Gasteiger partial charge in [0.1, 0.15) is 11.6 Å². The van der Waals surface area contributed by atoms with Gasteiger partial charge < -0.3 is 5.73 Å². The molecule has 0 saturated carbocycles. The molecule has 0 saturated heterocycles. The summed E-state index contributed by atoms with van der Waals surface area (Å²) in [5.74, 6) is 3.68. The maximum absolute atomic E-state index is 13.0. The van der Waals surface area contributed by atoms with Gasteiger partial charge in [-0.1, -0.05) is 24.8 Å². The summed E-state index contributed by atoms with van der Waals surface area (Å²) in [6, 6.07) is 3.30. The Balaban J connectivity index is 3.00. The molecule has 0 heterocycles. The van der Waals surface area contributed by atoms with Crippen LogP contribution in [0.3, 0.4) is 0 Å². The topological polar surface area (TPSA) is 26.0 Å². The van der Waals surface area contributed by atoms with Crippen molar-refractivity contribution < 1.29 is 8.78 Å². The molecule has 0 fully saturated rings. The van der Waals surface area contributed by atoms with E-state index >= 15 is 0 Å². The molecule has 1 aromatic carbocycles. The fraction of sp³-hybridized carbons (Fsp3) is 0.273. The van der Waals surface area contributed by atoms with Gasteiger partial charge in [-0.15, -0.1) is 0 Å². The van der Waals surface area contributed by atoms with Gasteiger partial charge in [0.05, 0.1) is 11.6 Å². The van der Waals surface area contributed by atoms with E-state index in [2.05, 4.69) is 11.8 Å². The summed E-state index contributed by atoms with van der Waals surface area (Å²) in [4.78, 5) is 0. The van der Waals surface area contributed by atoms with Crippen molar-refractivity contribution in [3.8, 4) is 11.8 Å². The van der Waals surface area contributed by atoms with Crippen LogP contribution in [0.15, 0.2) is 18.2 Å². The Morgan fingerprint density at radius 3 is 2.43 bits per heavy atom. The number of hydrogen-bond acceptors (Lipinski definition) is 1. The van der Waals surface area contributed by atoms with E-state index in [-0.39, 0.29) is 11.6 Å². The minimum absolute atomic E-state index is 0.212. The van der Waals surface area contributed by atoms with Crippen LogP contribution in [0, 0.1) is 23.5 Å². The molecular formula is C11H11F2N. The third-order valence-corrected chi connectivity index (χ3v) is 1.79. The Morgan fingerprint density at radius 1 is 1.36 bits per heavy atom. The van der Waals surface area contributed by atoms with Crippen LogP contribution >= 0.6 is 0 Å². The van der Waals surface area contributed by atoms with Gasteiger partial charge in [0.2, 0.25) is 0 Å². The highest BCUT2D eigenvalue weighted by Crippen LogP contribution is 2.09.